The van der Waals surface area contributed by atoms with E-state index in [-0.39, 0.29) is 24.4 Å². The predicted molar refractivity (Wildman–Crippen MR) is 132 cm³/mol. The Hall–Kier alpha value is -3.68. The molecule has 180 valence electrons. The Bertz CT molecular complexity index is 1240. The largest absolute Gasteiger partial charge is 0.496 e. The van der Waals surface area contributed by atoms with Gasteiger partial charge in [-0.2, -0.15) is 0 Å². The zero-order chi connectivity index (χ0) is 24.4. The van der Waals surface area contributed by atoms with Crippen LogP contribution in [0.4, 0.5) is 0 Å². The van der Waals surface area contributed by atoms with Gasteiger partial charge in [0.25, 0.3) is 11.8 Å². The van der Waals surface area contributed by atoms with Gasteiger partial charge in [0.05, 0.1) is 18.8 Å². The third-order valence-electron chi connectivity index (χ3n) is 6.81. The van der Waals surface area contributed by atoms with Gasteiger partial charge in [-0.15, -0.1) is 0 Å². The number of amides is 2. The maximum Gasteiger partial charge on any atom is 0.255 e. The summed E-state index contributed by atoms with van der Waals surface area (Å²) in [7, 11) is 1.48. The highest BCUT2D eigenvalue weighted by molar-refractivity contribution is 6.03. The van der Waals surface area contributed by atoms with Crippen molar-refractivity contribution in [1.82, 2.24) is 15.5 Å². The molecule has 2 aliphatic rings. The normalized spacial score (nSPS) is 17.5. The second-order valence-electron chi connectivity index (χ2n) is 9.09. The Kier molecular flexibility index (Phi) is 6.53. The van der Waals surface area contributed by atoms with Crippen molar-refractivity contribution in [2.24, 2.45) is 0 Å². The van der Waals surface area contributed by atoms with Crippen molar-refractivity contribution in [3.05, 3.63) is 100 Å². The molecular formula is C28H29N3O4. The number of nitrogens with one attached hydrogen (secondary N) is 2. The Morgan fingerprint density at radius 2 is 1.86 bits per heavy atom. The molecule has 3 aromatic carbocycles. The number of aliphatic hydroxyl groups excluding tert-OH is 1. The van der Waals surface area contributed by atoms with Crippen LogP contribution < -0.4 is 15.4 Å². The Morgan fingerprint density at radius 1 is 1.11 bits per heavy atom. The van der Waals surface area contributed by atoms with Crippen LogP contribution in [-0.4, -0.2) is 47.6 Å². The van der Waals surface area contributed by atoms with Crippen LogP contribution in [0.1, 0.15) is 43.0 Å². The van der Waals surface area contributed by atoms with Gasteiger partial charge < -0.3 is 25.4 Å². The molecule has 3 N–H and O–H groups in total. The summed E-state index contributed by atoms with van der Waals surface area (Å²) in [5.41, 5.74) is 5.20. The molecule has 2 atom stereocenters. The highest BCUT2D eigenvalue weighted by atomic mass is 16.5. The molecule has 0 unspecified atom stereocenters. The maximum atomic E-state index is 13.0. The van der Waals surface area contributed by atoms with Gasteiger partial charge in [-0.3, -0.25) is 9.59 Å². The average Bonchev–Trinajstić information content (AvgIpc) is 3.20. The minimum absolute atomic E-state index is 0.0758. The molecule has 5 rings (SSSR count). The SMILES string of the molecule is COc1cc2c(cc1C(=O)NC[C@@H](O)[C@@H]1Cc3ccccc3CN1)CN(Cc1ccccc1)C2=O. The Balaban J connectivity index is 1.25. The summed E-state index contributed by atoms with van der Waals surface area (Å²) >= 11 is 0. The monoisotopic (exact) mass is 471 g/mol. The zero-order valence-corrected chi connectivity index (χ0v) is 19.7. The van der Waals surface area contributed by atoms with Crippen LogP contribution in [0.25, 0.3) is 0 Å². The Labute approximate surface area is 204 Å². The molecule has 7 nitrogen and oxygen atoms in total. The van der Waals surface area contributed by atoms with E-state index >= 15 is 0 Å². The van der Waals surface area contributed by atoms with E-state index in [4.69, 9.17) is 4.74 Å². The highest BCUT2D eigenvalue weighted by Crippen LogP contribution is 2.31. The van der Waals surface area contributed by atoms with E-state index in [1.54, 1.807) is 17.0 Å². The number of carbonyl (C=O) groups excluding carboxylic acids is 2. The standard InChI is InChI=1S/C28H29N3O4/c1-35-26-13-22-21(17-31(28(22)34)16-18-7-3-2-4-8-18)11-23(26)27(33)30-15-25(32)24-12-19-9-5-6-10-20(19)14-29-24/h2-11,13,24-25,29,32H,12,14-17H2,1H3,(H,30,33)/t24-,25+/m0/s1. The molecule has 0 spiro atoms. The number of carbonyl (C=O) groups is 2. The molecule has 0 saturated carbocycles. The molecule has 0 aliphatic carbocycles. The molecule has 2 heterocycles. The number of hydrogen-bond donors (Lipinski definition) is 3. The summed E-state index contributed by atoms with van der Waals surface area (Å²) in [6.07, 6.45) is -0.0370. The van der Waals surface area contributed by atoms with Gasteiger partial charge in [0, 0.05) is 37.8 Å². The van der Waals surface area contributed by atoms with Gasteiger partial charge >= 0.3 is 0 Å². The molecule has 2 aliphatic heterocycles. The fourth-order valence-corrected chi connectivity index (χ4v) is 4.87. The third kappa shape index (κ3) is 4.78. The molecule has 0 fully saturated rings. The zero-order valence-electron chi connectivity index (χ0n) is 19.7. The van der Waals surface area contributed by atoms with Crippen molar-refractivity contribution in [2.75, 3.05) is 13.7 Å². The smallest absolute Gasteiger partial charge is 0.255 e. The molecule has 0 radical (unpaired) electrons. The Morgan fingerprint density at radius 3 is 2.63 bits per heavy atom. The predicted octanol–water partition coefficient (Wildman–Crippen LogP) is 2.66. The van der Waals surface area contributed by atoms with Gasteiger partial charge in [-0.05, 0) is 40.8 Å². The van der Waals surface area contributed by atoms with Crippen molar-refractivity contribution < 1.29 is 19.4 Å². The van der Waals surface area contributed by atoms with Crippen molar-refractivity contribution in [1.29, 1.82) is 0 Å². The number of rotatable bonds is 7. The van der Waals surface area contributed by atoms with Gasteiger partial charge in [0.15, 0.2) is 0 Å². The van der Waals surface area contributed by atoms with Crippen molar-refractivity contribution in [2.45, 2.75) is 38.2 Å². The lowest BCUT2D eigenvalue weighted by molar-refractivity contribution is 0.0766. The van der Waals surface area contributed by atoms with E-state index in [2.05, 4.69) is 22.8 Å². The number of fused-ring (bicyclic) bond motifs is 2. The lowest BCUT2D eigenvalue weighted by Gasteiger charge is -2.30. The van der Waals surface area contributed by atoms with E-state index in [9.17, 15) is 14.7 Å². The quantitative estimate of drug-likeness (QED) is 0.493. The molecule has 35 heavy (non-hydrogen) atoms. The highest BCUT2D eigenvalue weighted by Gasteiger charge is 2.31. The third-order valence-corrected chi connectivity index (χ3v) is 6.81. The fraction of sp³-hybridized carbons (Fsp3) is 0.286. The number of aliphatic hydroxyl groups is 1. The van der Waals surface area contributed by atoms with Crippen LogP contribution in [0.15, 0.2) is 66.7 Å². The number of nitrogens with zero attached hydrogens (tertiary/aromatic N) is 1. The average molecular weight is 472 g/mol. The van der Waals surface area contributed by atoms with Gasteiger partial charge in [-0.1, -0.05) is 54.6 Å². The molecule has 0 aromatic heterocycles. The lowest BCUT2D eigenvalue weighted by Crippen LogP contribution is -2.49. The van der Waals surface area contributed by atoms with Crippen molar-refractivity contribution >= 4 is 11.8 Å². The summed E-state index contributed by atoms with van der Waals surface area (Å²) in [5.74, 6) is -0.0718. The van der Waals surface area contributed by atoms with Gasteiger partial charge in [0.2, 0.25) is 0 Å². The topological polar surface area (TPSA) is 90.9 Å². The summed E-state index contributed by atoms with van der Waals surface area (Å²) in [6, 6.07) is 21.2. The maximum absolute atomic E-state index is 13.0. The van der Waals surface area contributed by atoms with Crippen LogP contribution in [0.2, 0.25) is 0 Å². The van der Waals surface area contributed by atoms with E-state index in [1.807, 2.05) is 42.5 Å². The van der Waals surface area contributed by atoms with E-state index in [0.717, 1.165) is 11.1 Å². The molecule has 2 amide bonds. The van der Waals surface area contributed by atoms with E-state index in [0.29, 0.717) is 42.9 Å². The van der Waals surface area contributed by atoms with Crippen LogP contribution >= 0.6 is 0 Å². The van der Waals surface area contributed by atoms with Crippen molar-refractivity contribution in [3.8, 4) is 5.75 Å². The van der Waals surface area contributed by atoms with Crippen molar-refractivity contribution in [3.63, 3.8) is 0 Å². The van der Waals surface area contributed by atoms with E-state index in [1.165, 1.54) is 18.2 Å². The number of methoxy groups -OCH3 is 1. The minimum atomic E-state index is -0.740. The van der Waals surface area contributed by atoms with Crippen LogP contribution in [0.3, 0.4) is 0 Å². The minimum Gasteiger partial charge on any atom is -0.496 e. The lowest BCUT2D eigenvalue weighted by atomic mass is 9.93. The van der Waals surface area contributed by atoms with Gasteiger partial charge in [-0.25, -0.2) is 0 Å². The number of hydrogen-bond acceptors (Lipinski definition) is 5. The van der Waals surface area contributed by atoms with Crippen LogP contribution in [0, 0.1) is 0 Å². The molecule has 7 heteroatoms. The van der Waals surface area contributed by atoms with Crippen LogP contribution in [-0.2, 0) is 26.1 Å². The summed E-state index contributed by atoms with van der Waals surface area (Å²) in [5, 5.41) is 16.9. The first kappa shape index (κ1) is 23.1. The molecular weight excluding hydrogens is 442 g/mol. The number of ether oxygens (including phenoxy) is 1. The summed E-state index contributed by atoms with van der Waals surface area (Å²) in [6.45, 7) is 1.74. The molecule has 0 bridgehead atoms. The first-order valence-electron chi connectivity index (χ1n) is 11.8. The molecule has 0 saturated heterocycles. The first-order chi connectivity index (χ1) is 17.0. The summed E-state index contributed by atoms with van der Waals surface area (Å²) in [4.78, 5) is 27.8. The molecule has 3 aromatic rings. The van der Waals surface area contributed by atoms with E-state index < -0.39 is 6.10 Å². The second kappa shape index (κ2) is 9.90. The second-order valence-corrected chi connectivity index (χ2v) is 9.09. The summed E-state index contributed by atoms with van der Waals surface area (Å²) < 4.78 is 5.45. The number of benzene rings is 3. The fourth-order valence-electron chi connectivity index (χ4n) is 4.87. The first-order valence-corrected chi connectivity index (χ1v) is 11.8. The van der Waals surface area contributed by atoms with Crippen LogP contribution in [0.5, 0.6) is 5.75 Å². The van der Waals surface area contributed by atoms with Gasteiger partial charge in [0.1, 0.15) is 5.75 Å².